The van der Waals surface area contributed by atoms with Crippen molar-refractivity contribution in [2.75, 3.05) is 139 Å². The molecule has 41 heteroatoms. The summed E-state index contributed by atoms with van der Waals surface area (Å²) in [7, 11) is 0. The van der Waals surface area contributed by atoms with Crippen molar-refractivity contribution in [2.45, 2.75) is 58.7 Å². The lowest BCUT2D eigenvalue weighted by Gasteiger charge is -2.36. The molecule has 0 unspecified atom stereocenters. The fourth-order valence-electron chi connectivity index (χ4n) is 16.2. The topological polar surface area (TPSA) is 266 Å². The van der Waals surface area contributed by atoms with Crippen LogP contribution in [0.3, 0.4) is 0 Å². The number of carbonyl (C=O) groups excluding carboxylic acids is 1. The van der Waals surface area contributed by atoms with Gasteiger partial charge in [0.15, 0.2) is 27.1 Å². The van der Waals surface area contributed by atoms with E-state index in [0.717, 1.165) is 215 Å². The number of carboxylic acids is 1. The summed E-state index contributed by atoms with van der Waals surface area (Å²) < 4.78 is 166. The van der Waals surface area contributed by atoms with Crippen molar-refractivity contribution in [1.82, 2.24) is 44.0 Å². The summed E-state index contributed by atoms with van der Waals surface area (Å²) in [4.78, 5) is 70.7. The molecule has 12 heterocycles. The summed E-state index contributed by atoms with van der Waals surface area (Å²) in [5.41, 5.74) is 18.3. The third-order valence-corrected chi connectivity index (χ3v) is 24.7. The van der Waals surface area contributed by atoms with Crippen LogP contribution in [0, 0.1) is 31.8 Å². The first-order chi connectivity index (χ1) is 67.1. The number of nitriles is 1. The molecule has 4 aliphatic rings. The van der Waals surface area contributed by atoms with E-state index in [1.165, 1.54) is 71.2 Å². The predicted octanol–water partition coefficient (Wildman–Crippen LogP) is 21.4. The molecular formula is C99H88ClF12N19O7S2. The maximum atomic E-state index is 12.9. The Morgan fingerprint density at radius 1 is 0.436 bits per heavy atom. The number of thiazole rings is 2. The Labute approximate surface area is 806 Å². The van der Waals surface area contributed by atoms with Crippen molar-refractivity contribution in [1.29, 1.82) is 5.26 Å². The van der Waals surface area contributed by atoms with E-state index < -0.39 is 31.4 Å². The van der Waals surface area contributed by atoms with Crippen molar-refractivity contribution >= 4 is 145 Å². The number of aryl methyl sites for hydroxylation is 3. The number of nitrogens with two attached hydrogens (primary N) is 1. The number of nitrogens with one attached hydrogen (secondary N) is 1. The number of hydrogen-bond acceptors (Lipinski definition) is 24. The third-order valence-electron chi connectivity index (χ3n) is 22.9. The molecule has 0 radical (unpaired) electrons. The number of fused-ring (bicyclic) bond motifs is 6. The zero-order valence-corrected chi connectivity index (χ0v) is 77.2. The number of nitrogens with zero attached hydrogens (tertiary/aromatic N) is 17. The van der Waals surface area contributed by atoms with Gasteiger partial charge in [0.2, 0.25) is 0 Å². The molecule has 724 valence electrons. The number of anilines is 7. The highest BCUT2D eigenvalue weighted by Crippen LogP contribution is 2.35. The molecule has 0 saturated carbocycles. The number of benzene rings is 8. The Morgan fingerprint density at radius 2 is 0.779 bits per heavy atom. The molecule has 0 amide bonds. The number of hydrogen-bond donors (Lipinski definition) is 3. The molecule has 4 fully saturated rings. The third kappa shape index (κ3) is 26.7. The average molecular weight is 1980 g/mol. The Kier molecular flexibility index (Phi) is 31.4. The summed E-state index contributed by atoms with van der Waals surface area (Å²) in [6, 6.07) is 64.5. The standard InChI is InChI=1S/C29H26F3N5O2S.C21H21F3N4O.C21H17F3N4O.C11H13F3N2O.C10H5ClN2.C7H6N2O2S/c1-19-27(37-16-17-40-28(37)33-19)25(38)10-3-20-2-9-24-21(18-20)4-11-26(34-24)36-14-12-35(13-15-36)22-5-7-23(8-6-22)39-29(30,31)32;2*22-21(23,24)29-18-5-3-17(4-6-18)27-9-11-28(12-10-27)20-8-2-16-13-15(14-25)1-7-19(16)26-20;12-11(13,14)17-10-3-1-9(2-4-10)16-7-5-15-6-8-16;1-12-8-3-4-9-7(6-8)2-5-10(11)13-9;1-4-5(6(10)11)9-2-3-12-7(9)8-4/h2,4-9,11,16-18H,3,10,12-15H2,1H3;1-8,13H,9-12,14,25H2;1-8,13H,9-12H2;1-4,15H,5-8H2;2-6H;2-3H,1H3,(H,10,11). The maximum absolute atomic E-state index is 12.9. The van der Waals surface area contributed by atoms with Gasteiger partial charge in [0, 0.05) is 180 Å². The van der Waals surface area contributed by atoms with Gasteiger partial charge in [-0.15, -0.1) is 75.4 Å². The highest BCUT2D eigenvalue weighted by molar-refractivity contribution is 7.15. The highest BCUT2D eigenvalue weighted by atomic mass is 35.5. The number of halogens is 13. The number of aromatic nitrogens is 8. The molecule has 4 N–H and O–H groups in total. The molecule has 0 spiro atoms. The van der Waals surface area contributed by atoms with Crippen molar-refractivity contribution in [3.63, 3.8) is 0 Å². The second kappa shape index (κ2) is 44.2. The summed E-state index contributed by atoms with van der Waals surface area (Å²) in [6.45, 7) is 23.4. The zero-order chi connectivity index (χ0) is 99.0. The first kappa shape index (κ1) is 99.5. The molecule has 8 aromatic heterocycles. The van der Waals surface area contributed by atoms with Crippen molar-refractivity contribution in [2.24, 2.45) is 5.73 Å². The Balaban J connectivity index is 0.000000133. The Hall–Kier alpha value is -15.0. The number of imidazole rings is 2. The Bertz CT molecular complexity index is 7070. The van der Waals surface area contributed by atoms with E-state index in [9.17, 15) is 62.3 Å². The van der Waals surface area contributed by atoms with Crippen LogP contribution in [-0.4, -0.2) is 186 Å². The quantitative estimate of drug-likeness (QED) is 0.0331. The minimum absolute atomic E-state index is 0.0849. The van der Waals surface area contributed by atoms with E-state index in [1.807, 2.05) is 95.0 Å². The molecule has 0 bridgehead atoms. The summed E-state index contributed by atoms with van der Waals surface area (Å²) in [6.07, 6.45) is -14.0. The number of aromatic carboxylic acids is 1. The number of Topliss-reactive ketones (excluding diaryl/α,β-unsaturated/α-hetero) is 1. The minimum atomic E-state index is -4.70. The summed E-state index contributed by atoms with van der Waals surface area (Å²) in [5.74, 6) is 0.995. The minimum Gasteiger partial charge on any atom is -0.477 e. The van der Waals surface area contributed by atoms with Crippen LogP contribution in [0.5, 0.6) is 23.0 Å². The number of pyridine rings is 4. The monoisotopic (exact) mass is 1980 g/mol. The number of alkyl halides is 12. The molecule has 4 aliphatic heterocycles. The van der Waals surface area contributed by atoms with Crippen molar-refractivity contribution < 1.29 is 86.3 Å². The average Bonchev–Trinajstić information content (AvgIpc) is 1.68. The molecule has 4 saturated heterocycles. The lowest BCUT2D eigenvalue weighted by atomic mass is 10.0. The van der Waals surface area contributed by atoms with E-state index in [0.29, 0.717) is 47.2 Å². The number of carbonyl (C=O) groups is 2. The molecular weight excluding hydrogens is 1890 g/mol. The van der Waals surface area contributed by atoms with Crippen LogP contribution in [0.2, 0.25) is 5.15 Å². The van der Waals surface area contributed by atoms with Gasteiger partial charge in [-0.2, -0.15) is 5.26 Å². The van der Waals surface area contributed by atoms with Crippen molar-refractivity contribution in [3.05, 3.63) is 298 Å². The molecule has 8 aromatic carbocycles. The van der Waals surface area contributed by atoms with Crippen LogP contribution in [0.1, 0.15) is 55.5 Å². The smallest absolute Gasteiger partial charge is 0.477 e. The van der Waals surface area contributed by atoms with Gasteiger partial charge < -0.3 is 69.4 Å². The van der Waals surface area contributed by atoms with E-state index in [-0.39, 0.29) is 34.5 Å². The fraction of sp³-hybridized carbons (Fsp3) is 0.253. The molecule has 140 heavy (non-hydrogen) atoms. The van der Waals surface area contributed by atoms with Gasteiger partial charge in [-0.1, -0.05) is 35.9 Å². The first-order valence-corrected chi connectivity index (χ1v) is 46.0. The highest BCUT2D eigenvalue weighted by Gasteiger charge is 2.35. The molecule has 16 aromatic rings. The number of ketones is 1. The summed E-state index contributed by atoms with van der Waals surface area (Å²) in [5, 5.41) is 29.2. The van der Waals surface area contributed by atoms with Gasteiger partial charge in [-0.25, -0.2) is 39.5 Å². The normalized spacial score (nSPS) is 14.1. The predicted molar refractivity (Wildman–Crippen MR) is 517 cm³/mol. The number of carboxylic acid groups (broad SMARTS) is 1. The second-order valence-electron chi connectivity index (χ2n) is 32.2. The van der Waals surface area contributed by atoms with Crippen LogP contribution in [0.4, 0.5) is 98.6 Å². The van der Waals surface area contributed by atoms with Crippen LogP contribution in [-0.2, 0) is 13.0 Å². The SMILES string of the molecule is Cc1nc2sccn2c1C(=O)CCc1ccc2nc(N3CCN(c4ccc(OC(F)(F)F)cc4)CC3)ccc2c1.Cc1nc2sccn2c1C(=O)O.FC(F)(F)Oc1ccc(N2CCNCC2)cc1.N#Cc1ccc2nc(N3CCN(c4ccc(OC(F)(F)F)cc4)CC3)ccc2c1.NCc1ccc2nc(N3CCN(c4ccc(OC(F)(F)F)cc4)CC3)ccc2c1.[C-]#[N+]c1ccc2nc(Cl)ccc2c1. The molecule has 0 aliphatic carbocycles. The lowest BCUT2D eigenvalue weighted by Crippen LogP contribution is -2.46. The van der Waals surface area contributed by atoms with E-state index >= 15 is 0 Å². The maximum Gasteiger partial charge on any atom is 0.573 e. The van der Waals surface area contributed by atoms with E-state index in [4.69, 9.17) is 49.2 Å². The van der Waals surface area contributed by atoms with Crippen molar-refractivity contribution in [3.8, 4) is 29.1 Å². The second-order valence-corrected chi connectivity index (χ2v) is 34.3. The van der Waals surface area contributed by atoms with E-state index in [1.54, 1.807) is 96.4 Å². The zero-order valence-electron chi connectivity index (χ0n) is 74.8. The summed E-state index contributed by atoms with van der Waals surface area (Å²) >= 11 is 8.67. The Morgan fingerprint density at radius 3 is 1.17 bits per heavy atom. The van der Waals surface area contributed by atoms with E-state index in [2.05, 4.69) is 109 Å². The molecule has 0 atom stereocenters. The molecule has 26 nitrogen and oxygen atoms in total. The van der Waals surface area contributed by atoms with Crippen LogP contribution < -0.4 is 64.3 Å². The van der Waals surface area contributed by atoms with Crippen LogP contribution in [0.15, 0.2) is 242 Å². The number of piperazine rings is 4. The fourth-order valence-corrected chi connectivity index (χ4v) is 17.9. The molecule has 20 rings (SSSR count). The lowest BCUT2D eigenvalue weighted by molar-refractivity contribution is -0.275. The van der Waals surface area contributed by atoms with Gasteiger partial charge in [0.1, 0.15) is 51.3 Å². The largest absolute Gasteiger partial charge is 0.573 e. The van der Waals surface area contributed by atoms with Gasteiger partial charge in [-0.05, 0) is 231 Å². The van der Waals surface area contributed by atoms with Gasteiger partial charge >= 0.3 is 31.4 Å². The van der Waals surface area contributed by atoms with Crippen LogP contribution in [0.25, 0.3) is 58.4 Å². The number of rotatable bonds is 17. The number of ether oxygens (including phenoxy) is 4. The van der Waals surface area contributed by atoms with Gasteiger partial charge in [0.05, 0.1) is 51.7 Å². The van der Waals surface area contributed by atoms with Gasteiger partial charge in [-0.3, -0.25) is 13.6 Å². The van der Waals surface area contributed by atoms with Crippen LogP contribution >= 0.6 is 34.3 Å². The first-order valence-electron chi connectivity index (χ1n) is 43.8. The van der Waals surface area contributed by atoms with Gasteiger partial charge in [0.25, 0.3) is 0 Å².